The van der Waals surface area contributed by atoms with Crippen LogP contribution in [0.25, 0.3) is 0 Å². The van der Waals surface area contributed by atoms with E-state index in [1.54, 1.807) is 7.11 Å². The quantitative estimate of drug-likeness (QED) is 0.816. The molecule has 118 valence electrons. The summed E-state index contributed by atoms with van der Waals surface area (Å²) in [7, 11) is 1.73. The number of rotatable bonds is 7. The highest BCUT2D eigenvalue weighted by atomic mass is 16.5. The van der Waals surface area contributed by atoms with Crippen LogP contribution in [0.15, 0.2) is 18.2 Å². The molecule has 0 aromatic heterocycles. The number of ether oxygens (including phenoxy) is 2. The number of hydrogen-bond acceptors (Lipinski definition) is 3. The van der Waals surface area contributed by atoms with Crippen molar-refractivity contribution in [3.05, 3.63) is 29.3 Å². The second-order valence-electron chi connectivity index (χ2n) is 5.92. The lowest BCUT2D eigenvalue weighted by Gasteiger charge is -2.23. The van der Waals surface area contributed by atoms with Gasteiger partial charge in [-0.3, -0.25) is 0 Å². The summed E-state index contributed by atoms with van der Waals surface area (Å²) < 4.78 is 11.6. The average molecular weight is 291 g/mol. The summed E-state index contributed by atoms with van der Waals surface area (Å²) >= 11 is 0. The standard InChI is InChI=1S/C18H29NO2/c1-4-19-14(2)15-10-11-18(20-3)16(12-15)13-21-17-8-6-5-7-9-17/h10-12,14,17,19H,4-9,13H2,1-3H3. The zero-order chi connectivity index (χ0) is 15.1. The highest BCUT2D eigenvalue weighted by Crippen LogP contribution is 2.26. The first kappa shape index (κ1) is 16.3. The number of nitrogens with one attached hydrogen (secondary N) is 1. The Labute approximate surface area is 129 Å². The smallest absolute Gasteiger partial charge is 0.124 e. The van der Waals surface area contributed by atoms with Crippen LogP contribution in [0.3, 0.4) is 0 Å². The monoisotopic (exact) mass is 291 g/mol. The van der Waals surface area contributed by atoms with Gasteiger partial charge in [-0.25, -0.2) is 0 Å². The Morgan fingerprint density at radius 3 is 2.67 bits per heavy atom. The van der Waals surface area contributed by atoms with Gasteiger partial charge in [0.05, 0.1) is 19.8 Å². The number of hydrogen-bond donors (Lipinski definition) is 1. The summed E-state index contributed by atoms with van der Waals surface area (Å²) in [5, 5.41) is 3.45. The molecule has 2 rings (SSSR count). The third-order valence-electron chi connectivity index (χ3n) is 4.34. The summed E-state index contributed by atoms with van der Waals surface area (Å²) in [4.78, 5) is 0. The van der Waals surface area contributed by atoms with Crippen molar-refractivity contribution < 1.29 is 9.47 Å². The molecule has 0 saturated heterocycles. The van der Waals surface area contributed by atoms with E-state index in [4.69, 9.17) is 9.47 Å². The van der Waals surface area contributed by atoms with E-state index >= 15 is 0 Å². The van der Waals surface area contributed by atoms with Crippen molar-refractivity contribution in [3.63, 3.8) is 0 Å². The second-order valence-corrected chi connectivity index (χ2v) is 5.92. The van der Waals surface area contributed by atoms with Gasteiger partial charge in [-0.2, -0.15) is 0 Å². The van der Waals surface area contributed by atoms with Gasteiger partial charge in [0.15, 0.2) is 0 Å². The van der Waals surface area contributed by atoms with Crippen molar-refractivity contribution in [2.75, 3.05) is 13.7 Å². The van der Waals surface area contributed by atoms with E-state index in [1.165, 1.54) is 37.7 Å². The first-order valence-corrected chi connectivity index (χ1v) is 8.26. The predicted octanol–water partition coefficient (Wildman–Crippen LogP) is 4.22. The topological polar surface area (TPSA) is 30.5 Å². The third-order valence-corrected chi connectivity index (χ3v) is 4.34. The second kappa shape index (κ2) is 8.40. The molecule has 0 aliphatic heterocycles. The van der Waals surface area contributed by atoms with Crippen LogP contribution in [-0.2, 0) is 11.3 Å². The molecule has 1 N–H and O–H groups in total. The van der Waals surface area contributed by atoms with Crippen molar-refractivity contribution in [2.24, 2.45) is 0 Å². The minimum atomic E-state index is 0.356. The Morgan fingerprint density at radius 2 is 2.00 bits per heavy atom. The van der Waals surface area contributed by atoms with Crippen molar-refractivity contribution in [1.29, 1.82) is 0 Å². The van der Waals surface area contributed by atoms with Gasteiger partial charge in [-0.05, 0) is 44.0 Å². The molecule has 0 spiro atoms. The predicted molar refractivity (Wildman–Crippen MR) is 86.7 cm³/mol. The van der Waals surface area contributed by atoms with E-state index < -0.39 is 0 Å². The lowest BCUT2D eigenvalue weighted by atomic mass is 9.97. The first-order chi connectivity index (χ1) is 10.2. The average Bonchev–Trinajstić information content (AvgIpc) is 2.54. The zero-order valence-electron chi connectivity index (χ0n) is 13.7. The Kier molecular flexibility index (Phi) is 6.52. The molecule has 1 saturated carbocycles. The lowest BCUT2D eigenvalue weighted by Crippen LogP contribution is -2.18. The molecule has 0 amide bonds. The van der Waals surface area contributed by atoms with Crippen LogP contribution in [0, 0.1) is 0 Å². The van der Waals surface area contributed by atoms with E-state index in [-0.39, 0.29) is 0 Å². The fraction of sp³-hybridized carbons (Fsp3) is 0.667. The van der Waals surface area contributed by atoms with Gasteiger partial charge in [0.1, 0.15) is 5.75 Å². The van der Waals surface area contributed by atoms with Crippen LogP contribution in [0.2, 0.25) is 0 Å². The Morgan fingerprint density at radius 1 is 1.24 bits per heavy atom. The van der Waals surface area contributed by atoms with Gasteiger partial charge in [-0.1, -0.05) is 32.3 Å². The van der Waals surface area contributed by atoms with E-state index in [0.717, 1.165) is 17.9 Å². The van der Waals surface area contributed by atoms with E-state index in [9.17, 15) is 0 Å². The minimum Gasteiger partial charge on any atom is -0.496 e. The molecule has 1 fully saturated rings. The Hall–Kier alpha value is -1.06. The van der Waals surface area contributed by atoms with Crippen LogP contribution in [0.4, 0.5) is 0 Å². The summed E-state index contributed by atoms with van der Waals surface area (Å²) in [6.07, 6.45) is 6.81. The molecule has 1 aliphatic carbocycles. The van der Waals surface area contributed by atoms with Gasteiger partial charge in [-0.15, -0.1) is 0 Å². The maximum Gasteiger partial charge on any atom is 0.124 e. The fourth-order valence-electron chi connectivity index (χ4n) is 3.04. The summed E-state index contributed by atoms with van der Waals surface area (Å²) in [6.45, 7) is 5.95. The van der Waals surface area contributed by atoms with Crippen LogP contribution in [-0.4, -0.2) is 19.8 Å². The molecule has 3 heteroatoms. The van der Waals surface area contributed by atoms with Gasteiger partial charge in [0.2, 0.25) is 0 Å². The fourth-order valence-corrected chi connectivity index (χ4v) is 3.04. The Bertz CT molecular complexity index is 427. The molecule has 3 nitrogen and oxygen atoms in total. The van der Waals surface area contributed by atoms with Crippen molar-refractivity contribution >= 4 is 0 Å². The Balaban J connectivity index is 2.02. The van der Waals surface area contributed by atoms with Crippen molar-refractivity contribution in [1.82, 2.24) is 5.32 Å². The molecule has 1 aliphatic rings. The molecular weight excluding hydrogens is 262 g/mol. The molecule has 1 aromatic carbocycles. The van der Waals surface area contributed by atoms with Crippen LogP contribution < -0.4 is 10.1 Å². The third kappa shape index (κ3) is 4.72. The molecule has 0 radical (unpaired) electrons. The SMILES string of the molecule is CCNC(C)c1ccc(OC)c(COC2CCCCC2)c1. The summed E-state index contributed by atoms with van der Waals surface area (Å²) in [5.41, 5.74) is 2.45. The molecule has 1 aromatic rings. The van der Waals surface area contributed by atoms with E-state index in [0.29, 0.717) is 18.8 Å². The largest absolute Gasteiger partial charge is 0.496 e. The minimum absolute atomic E-state index is 0.356. The first-order valence-electron chi connectivity index (χ1n) is 8.26. The maximum absolute atomic E-state index is 6.11. The van der Waals surface area contributed by atoms with Crippen LogP contribution in [0.1, 0.15) is 63.1 Å². The van der Waals surface area contributed by atoms with E-state index in [1.807, 2.05) is 0 Å². The molecular formula is C18H29NO2. The number of benzene rings is 1. The van der Waals surface area contributed by atoms with Crippen molar-refractivity contribution in [3.8, 4) is 5.75 Å². The zero-order valence-corrected chi connectivity index (χ0v) is 13.7. The lowest BCUT2D eigenvalue weighted by molar-refractivity contribution is 0.0160. The molecule has 0 heterocycles. The molecule has 21 heavy (non-hydrogen) atoms. The molecule has 1 unspecified atom stereocenters. The van der Waals surface area contributed by atoms with Gasteiger partial charge in [0, 0.05) is 11.6 Å². The molecule has 0 bridgehead atoms. The van der Waals surface area contributed by atoms with Crippen LogP contribution in [0.5, 0.6) is 5.75 Å². The highest BCUT2D eigenvalue weighted by Gasteiger charge is 2.15. The van der Waals surface area contributed by atoms with Crippen molar-refractivity contribution in [2.45, 2.75) is 64.7 Å². The highest BCUT2D eigenvalue weighted by molar-refractivity contribution is 5.38. The van der Waals surface area contributed by atoms with Gasteiger partial charge < -0.3 is 14.8 Å². The molecule has 1 atom stereocenters. The summed E-state index contributed by atoms with van der Waals surface area (Å²) in [5.74, 6) is 0.929. The summed E-state index contributed by atoms with van der Waals surface area (Å²) in [6, 6.07) is 6.77. The van der Waals surface area contributed by atoms with E-state index in [2.05, 4.69) is 37.4 Å². The maximum atomic E-state index is 6.11. The normalized spacial score (nSPS) is 17.7. The van der Waals surface area contributed by atoms with Crippen LogP contribution >= 0.6 is 0 Å². The van der Waals surface area contributed by atoms with Gasteiger partial charge in [0.25, 0.3) is 0 Å². The number of methoxy groups -OCH3 is 1. The van der Waals surface area contributed by atoms with Gasteiger partial charge >= 0.3 is 0 Å².